The maximum Gasteiger partial charge on any atom is 0.132 e. The third kappa shape index (κ3) is 5.31. The predicted octanol–water partition coefficient (Wildman–Crippen LogP) is 1.59. The van der Waals surface area contributed by atoms with Gasteiger partial charge >= 0.3 is 0 Å². The molecule has 0 saturated heterocycles. The van der Waals surface area contributed by atoms with Crippen LogP contribution < -0.4 is 22.1 Å². The van der Waals surface area contributed by atoms with Crippen molar-refractivity contribution in [1.29, 1.82) is 5.41 Å². The van der Waals surface area contributed by atoms with Gasteiger partial charge < -0.3 is 32.2 Å². The molecule has 1 unspecified atom stereocenters. The van der Waals surface area contributed by atoms with Gasteiger partial charge in [0.1, 0.15) is 11.7 Å². The number of allylic oxidation sites excluding steroid dienone is 5. The largest absolute Gasteiger partial charge is 0.404 e. The van der Waals surface area contributed by atoms with Gasteiger partial charge in [0.25, 0.3) is 0 Å². The molecule has 2 rings (SSSR count). The van der Waals surface area contributed by atoms with Crippen molar-refractivity contribution in [2.75, 3.05) is 13.7 Å². The minimum atomic E-state index is -0.226. The van der Waals surface area contributed by atoms with Gasteiger partial charge in [0.15, 0.2) is 0 Å². The van der Waals surface area contributed by atoms with Gasteiger partial charge in [0.05, 0.1) is 17.5 Å². The van der Waals surface area contributed by atoms with E-state index in [1.807, 2.05) is 38.3 Å². The minimum absolute atomic E-state index is 0.226. The van der Waals surface area contributed by atoms with Crippen LogP contribution in [0.3, 0.4) is 0 Å². The van der Waals surface area contributed by atoms with Crippen LogP contribution in [0.15, 0.2) is 80.6 Å². The van der Waals surface area contributed by atoms with E-state index in [1.54, 1.807) is 19.3 Å². The summed E-state index contributed by atoms with van der Waals surface area (Å²) >= 11 is 0. The second kappa shape index (κ2) is 10.1. The van der Waals surface area contributed by atoms with Gasteiger partial charge in [-0.05, 0) is 38.2 Å². The zero-order chi connectivity index (χ0) is 20.5. The Morgan fingerprint density at radius 2 is 2.14 bits per heavy atom. The molecule has 0 aliphatic carbocycles. The molecule has 0 saturated carbocycles. The average Bonchev–Trinajstić information content (AvgIpc) is 2.69. The van der Waals surface area contributed by atoms with E-state index < -0.39 is 0 Å². The smallest absolute Gasteiger partial charge is 0.132 e. The number of ether oxygens (including phenoxy) is 1. The van der Waals surface area contributed by atoms with Crippen molar-refractivity contribution in [3.8, 4) is 0 Å². The van der Waals surface area contributed by atoms with Gasteiger partial charge in [-0.3, -0.25) is 4.99 Å². The van der Waals surface area contributed by atoms with E-state index in [0.717, 1.165) is 22.5 Å². The molecule has 2 aliphatic rings. The molecule has 0 aromatic rings. The first-order valence-corrected chi connectivity index (χ1v) is 8.92. The molecule has 0 aromatic heterocycles. The molecule has 8 nitrogen and oxygen atoms in total. The third-order valence-electron chi connectivity index (χ3n) is 4.04. The number of rotatable bonds is 8. The summed E-state index contributed by atoms with van der Waals surface area (Å²) in [5.74, 6) is 0.865. The third-order valence-corrected chi connectivity index (χ3v) is 4.04. The highest BCUT2D eigenvalue weighted by Gasteiger charge is 2.16. The highest BCUT2D eigenvalue weighted by atomic mass is 16.5. The monoisotopic (exact) mass is 381 g/mol. The fraction of sp³-hybridized carbons (Fsp3) is 0.250. The molecule has 2 aliphatic heterocycles. The molecule has 0 bridgehead atoms. The molecule has 8 heteroatoms. The van der Waals surface area contributed by atoms with Crippen LogP contribution in [-0.4, -0.2) is 38.0 Å². The van der Waals surface area contributed by atoms with Gasteiger partial charge in [-0.25, -0.2) is 4.99 Å². The Morgan fingerprint density at radius 3 is 2.79 bits per heavy atom. The fourth-order valence-corrected chi connectivity index (χ4v) is 2.64. The van der Waals surface area contributed by atoms with Crippen molar-refractivity contribution in [3.05, 3.63) is 70.6 Å². The lowest BCUT2D eigenvalue weighted by Gasteiger charge is -2.23. The number of fused-ring (bicyclic) bond motifs is 1. The SMILES string of the molecule is CCOC(C)C(C=N)=CC(N)=NC1=CC=C2NC=C(C(C=NC)=CN)C=C2N1. The van der Waals surface area contributed by atoms with Crippen molar-refractivity contribution in [3.63, 3.8) is 0 Å². The second-order valence-corrected chi connectivity index (χ2v) is 5.99. The maximum absolute atomic E-state index is 7.54. The highest BCUT2D eigenvalue weighted by molar-refractivity contribution is 5.97. The number of hydrogen-bond acceptors (Lipinski definition) is 7. The van der Waals surface area contributed by atoms with Crippen LogP contribution in [0.4, 0.5) is 0 Å². The minimum Gasteiger partial charge on any atom is -0.404 e. The van der Waals surface area contributed by atoms with Gasteiger partial charge in [-0.15, -0.1) is 0 Å². The van der Waals surface area contributed by atoms with E-state index in [4.69, 9.17) is 21.6 Å². The summed E-state index contributed by atoms with van der Waals surface area (Å²) in [5.41, 5.74) is 15.8. The lowest BCUT2D eigenvalue weighted by atomic mass is 10.0. The zero-order valence-corrected chi connectivity index (χ0v) is 16.4. The van der Waals surface area contributed by atoms with Gasteiger partial charge in [-0.2, -0.15) is 0 Å². The van der Waals surface area contributed by atoms with E-state index in [2.05, 4.69) is 20.6 Å². The molecule has 28 heavy (non-hydrogen) atoms. The van der Waals surface area contributed by atoms with Crippen LogP contribution in [0.2, 0.25) is 0 Å². The van der Waals surface area contributed by atoms with E-state index in [9.17, 15) is 0 Å². The summed E-state index contributed by atoms with van der Waals surface area (Å²) in [5, 5.41) is 14.0. The molecule has 0 aromatic carbocycles. The van der Waals surface area contributed by atoms with Crippen LogP contribution in [0.5, 0.6) is 0 Å². The summed E-state index contributed by atoms with van der Waals surface area (Å²) in [6.45, 7) is 4.33. The Bertz CT molecular complexity index is 854. The number of amidine groups is 1. The molecule has 1 atom stereocenters. The van der Waals surface area contributed by atoms with Crippen LogP contribution in [0.25, 0.3) is 0 Å². The second-order valence-electron chi connectivity index (χ2n) is 5.99. The Morgan fingerprint density at radius 1 is 1.36 bits per heavy atom. The van der Waals surface area contributed by atoms with E-state index >= 15 is 0 Å². The van der Waals surface area contributed by atoms with E-state index in [-0.39, 0.29) is 11.9 Å². The standard InChI is InChI=1S/C20H27N7O/c1-4-28-13(2)14(9-21)8-19(23)27-20-6-5-17-18(26-20)7-15(12-25-17)16(10-22)11-24-3/h5-13,21,25-26H,4,22H2,1-3H3,(H2,23,27). The van der Waals surface area contributed by atoms with Gasteiger partial charge in [0, 0.05) is 55.2 Å². The lowest BCUT2D eigenvalue weighted by molar-refractivity contribution is 0.106. The predicted molar refractivity (Wildman–Crippen MR) is 115 cm³/mol. The number of aliphatic imine (C=N–C) groups is 2. The zero-order valence-electron chi connectivity index (χ0n) is 16.4. The number of dihydropyridines is 2. The molecule has 0 fully saturated rings. The first kappa shape index (κ1) is 20.9. The van der Waals surface area contributed by atoms with Crippen molar-refractivity contribution in [2.24, 2.45) is 21.5 Å². The molecule has 148 valence electrons. The quantitative estimate of drug-likeness (QED) is 0.321. The first-order valence-electron chi connectivity index (χ1n) is 8.92. The Kier molecular flexibility index (Phi) is 7.53. The Labute approximate surface area is 165 Å². The fourth-order valence-electron chi connectivity index (χ4n) is 2.64. The number of nitrogens with two attached hydrogens (primary N) is 2. The Balaban J connectivity index is 2.20. The summed E-state index contributed by atoms with van der Waals surface area (Å²) in [6.07, 6.45) is 13.4. The normalized spacial score (nSPS) is 18.9. The maximum atomic E-state index is 7.54. The average molecular weight is 381 g/mol. The molecule has 0 spiro atoms. The summed E-state index contributed by atoms with van der Waals surface area (Å²) < 4.78 is 5.50. The number of hydrogen-bond donors (Lipinski definition) is 5. The number of nitrogens with zero attached hydrogens (tertiary/aromatic N) is 2. The van der Waals surface area contributed by atoms with Crippen LogP contribution >= 0.6 is 0 Å². The highest BCUT2D eigenvalue weighted by Crippen LogP contribution is 2.22. The summed E-state index contributed by atoms with van der Waals surface area (Å²) in [4.78, 5) is 8.41. The van der Waals surface area contributed by atoms with Crippen molar-refractivity contribution < 1.29 is 4.74 Å². The van der Waals surface area contributed by atoms with Crippen molar-refractivity contribution >= 4 is 18.3 Å². The van der Waals surface area contributed by atoms with Crippen molar-refractivity contribution in [1.82, 2.24) is 10.6 Å². The molecule has 0 amide bonds. The number of nitrogens with one attached hydrogen (secondary N) is 3. The van der Waals surface area contributed by atoms with Crippen LogP contribution in [0.1, 0.15) is 13.8 Å². The van der Waals surface area contributed by atoms with E-state index in [1.165, 1.54) is 12.4 Å². The molecule has 0 radical (unpaired) electrons. The molecular formula is C20H27N7O. The van der Waals surface area contributed by atoms with Crippen LogP contribution in [0, 0.1) is 5.41 Å². The van der Waals surface area contributed by atoms with Gasteiger partial charge in [-0.1, -0.05) is 0 Å². The first-order chi connectivity index (χ1) is 13.5. The molecular weight excluding hydrogens is 354 g/mol. The topological polar surface area (TPSA) is 134 Å². The summed E-state index contributed by atoms with van der Waals surface area (Å²) in [6, 6.07) is 0. The van der Waals surface area contributed by atoms with E-state index in [0.29, 0.717) is 18.0 Å². The van der Waals surface area contributed by atoms with Crippen LogP contribution in [-0.2, 0) is 4.74 Å². The lowest BCUT2D eigenvalue weighted by Crippen LogP contribution is -2.27. The molecule has 2 heterocycles. The Hall–Kier alpha value is -3.39. The van der Waals surface area contributed by atoms with Gasteiger partial charge in [0.2, 0.25) is 0 Å². The summed E-state index contributed by atoms with van der Waals surface area (Å²) in [7, 11) is 1.69. The molecule has 7 N–H and O–H groups in total. The van der Waals surface area contributed by atoms with Crippen molar-refractivity contribution in [2.45, 2.75) is 20.0 Å².